The number of benzene rings is 2. The van der Waals surface area contributed by atoms with Crippen molar-refractivity contribution in [3.8, 4) is 0 Å². The zero-order chi connectivity index (χ0) is 27.9. The van der Waals surface area contributed by atoms with Crippen LogP contribution >= 0.6 is 0 Å². The predicted octanol–water partition coefficient (Wildman–Crippen LogP) is 4.47. The first-order valence-electron chi connectivity index (χ1n) is 13.9. The third kappa shape index (κ3) is 5.37. The van der Waals surface area contributed by atoms with Gasteiger partial charge in [-0.25, -0.2) is 12.8 Å². The van der Waals surface area contributed by atoms with Gasteiger partial charge in [0.25, 0.3) is 21.5 Å². The molecule has 0 spiro atoms. The number of sulfonamides is 1. The topological polar surface area (TPSA) is 101 Å². The van der Waals surface area contributed by atoms with E-state index in [0.717, 1.165) is 49.9 Å². The van der Waals surface area contributed by atoms with Crippen LogP contribution in [0.2, 0.25) is 0 Å². The number of pyridine rings is 1. The highest BCUT2D eigenvalue weighted by molar-refractivity contribution is 7.92. The Labute approximate surface area is 233 Å². The average Bonchev–Trinajstić information content (AvgIpc) is 2.94. The number of carbonyl (C=O) groups is 1. The number of fused-ring (bicyclic) bond motifs is 4. The first-order chi connectivity index (χ1) is 19.3. The first-order valence-corrected chi connectivity index (χ1v) is 15.4. The van der Waals surface area contributed by atoms with Crippen LogP contribution < -0.4 is 20.5 Å². The molecule has 2 bridgehead atoms. The second-order valence-electron chi connectivity index (χ2n) is 11.2. The van der Waals surface area contributed by atoms with Crippen molar-refractivity contribution in [1.29, 1.82) is 0 Å². The summed E-state index contributed by atoms with van der Waals surface area (Å²) in [6.45, 7) is 1.87. The van der Waals surface area contributed by atoms with Crippen LogP contribution in [-0.4, -0.2) is 38.0 Å². The van der Waals surface area contributed by atoms with Crippen LogP contribution in [0.4, 0.5) is 15.8 Å². The maximum atomic E-state index is 13.5. The van der Waals surface area contributed by atoms with Crippen LogP contribution in [0.3, 0.4) is 0 Å². The molecule has 3 heterocycles. The van der Waals surface area contributed by atoms with Gasteiger partial charge in [-0.2, -0.15) is 0 Å². The summed E-state index contributed by atoms with van der Waals surface area (Å²) >= 11 is 0. The number of nitrogens with zero attached hydrogens (tertiary/aromatic N) is 2. The fourth-order valence-corrected chi connectivity index (χ4v) is 7.53. The fraction of sp³-hybridized carbons (Fsp3) is 0.400. The molecule has 210 valence electrons. The van der Waals surface area contributed by atoms with Crippen molar-refractivity contribution in [2.24, 2.45) is 5.92 Å². The molecule has 2 atom stereocenters. The summed E-state index contributed by atoms with van der Waals surface area (Å²) < 4.78 is 44.7. The van der Waals surface area contributed by atoms with Crippen molar-refractivity contribution >= 4 is 27.3 Å². The summed E-state index contributed by atoms with van der Waals surface area (Å²) in [5.74, 6) is -0.413. The normalized spacial score (nSPS) is 21.0. The predicted molar refractivity (Wildman–Crippen MR) is 152 cm³/mol. The Morgan fingerprint density at radius 1 is 0.925 bits per heavy atom. The van der Waals surface area contributed by atoms with Crippen LogP contribution in [0, 0.1) is 11.7 Å². The van der Waals surface area contributed by atoms with E-state index in [2.05, 4.69) is 14.9 Å². The number of anilines is 2. The van der Waals surface area contributed by atoms with Crippen LogP contribution in [0.15, 0.2) is 70.4 Å². The van der Waals surface area contributed by atoms with E-state index in [-0.39, 0.29) is 34.2 Å². The third-order valence-electron chi connectivity index (χ3n) is 8.39. The zero-order valence-electron chi connectivity index (χ0n) is 22.2. The lowest BCUT2D eigenvalue weighted by Crippen LogP contribution is -2.47. The Hall–Kier alpha value is -3.66. The van der Waals surface area contributed by atoms with Crippen molar-refractivity contribution in [3.63, 3.8) is 0 Å². The minimum atomic E-state index is -4.05. The van der Waals surface area contributed by atoms with E-state index in [0.29, 0.717) is 36.6 Å². The van der Waals surface area contributed by atoms with Gasteiger partial charge in [-0.1, -0.05) is 25.3 Å². The summed E-state index contributed by atoms with van der Waals surface area (Å²) in [5, 5.41) is 3.11. The zero-order valence-corrected chi connectivity index (χ0v) is 23.0. The molecule has 1 aromatic heterocycles. The quantitative estimate of drug-likeness (QED) is 0.460. The molecule has 2 aromatic carbocycles. The van der Waals surface area contributed by atoms with Crippen molar-refractivity contribution in [3.05, 3.63) is 88.1 Å². The Bertz CT molecular complexity index is 1580. The smallest absolute Gasteiger partial charge is 0.261 e. The highest BCUT2D eigenvalue weighted by Crippen LogP contribution is 2.40. The molecule has 0 radical (unpaired) electrons. The fourth-order valence-electron chi connectivity index (χ4n) is 6.46. The van der Waals surface area contributed by atoms with Gasteiger partial charge in [0, 0.05) is 48.9 Å². The standard InChI is InChI=1S/C30H33FN4O4S/c31-23-10-12-25(13-11-23)40(38,39)33-26-16-21(30(37)32-24-5-2-1-3-6-24)9-14-28(26)34-17-20-15-22(19-34)27-7-4-8-29(36)35(27)18-20/h4,7-14,16,20,22,24,33H,1-3,5-6,15,17-19H2,(H,32,37)/t20-,22+/m1/s1. The number of amides is 1. The molecule has 1 amide bonds. The number of hydrogen-bond acceptors (Lipinski definition) is 5. The Morgan fingerprint density at radius 3 is 2.48 bits per heavy atom. The van der Waals surface area contributed by atoms with Gasteiger partial charge < -0.3 is 14.8 Å². The Kier molecular flexibility index (Phi) is 7.12. The summed E-state index contributed by atoms with van der Waals surface area (Å²) in [6.07, 6.45) is 6.17. The van der Waals surface area contributed by atoms with Crippen LogP contribution in [-0.2, 0) is 16.6 Å². The number of carbonyl (C=O) groups excluding carboxylic acids is 1. The van der Waals surface area contributed by atoms with Crippen LogP contribution in [0.5, 0.6) is 0 Å². The third-order valence-corrected chi connectivity index (χ3v) is 9.77. The average molecular weight is 565 g/mol. The summed E-state index contributed by atoms with van der Waals surface area (Å²) in [5.41, 5.74) is 2.33. The van der Waals surface area contributed by atoms with Gasteiger partial charge in [-0.05, 0) is 73.7 Å². The largest absolute Gasteiger partial charge is 0.369 e. The molecule has 2 N–H and O–H groups in total. The minimum absolute atomic E-state index is 0.00160. The van der Waals surface area contributed by atoms with Crippen LogP contribution in [0.25, 0.3) is 0 Å². The monoisotopic (exact) mass is 564 g/mol. The van der Waals surface area contributed by atoms with E-state index in [1.165, 1.54) is 18.6 Å². The lowest BCUT2D eigenvalue weighted by molar-refractivity contribution is 0.0927. The Balaban J connectivity index is 1.33. The second-order valence-corrected chi connectivity index (χ2v) is 12.9. The Morgan fingerprint density at radius 2 is 1.70 bits per heavy atom. The molecule has 2 aliphatic heterocycles. The maximum absolute atomic E-state index is 13.5. The van der Waals surface area contributed by atoms with Gasteiger partial charge >= 0.3 is 0 Å². The first kappa shape index (κ1) is 26.6. The van der Waals surface area contributed by atoms with Gasteiger partial charge in [0.2, 0.25) is 0 Å². The van der Waals surface area contributed by atoms with Gasteiger partial charge in [0.05, 0.1) is 16.3 Å². The molecule has 0 unspecified atom stereocenters. The van der Waals surface area contributed by atoms with Crippen molar-refractivity contribution in [1.82, 2.24) is 9.88 Å². The molecular formula is C30H33FN4O4S. The van der Waals surface area contributed by atoms with E-state index in [4.69, 9.17) is 0 Å². The number of piperidine rings is 1. The van der Waals surface area contributed by atoms with Crippen molar-refractivity contribution in [2.45, 2.75) is 61.9 Å². The van der Waals surface area contributed by atoms with E-state index in [1.54, 1.807) is 30.3 Å². The lowest BCUT2D eigenvalue weighted by atomic mass is 9.83. The lowest BCUT2D eigenvalue weighted by Gasteiger charge is -2.44. The molecule has 1 aliphatic carbocycles. The molecule has 40 heavy (non-hydrogen) atoms. The molecule has 2 fully saturated rings. The number of halogens is 1. The van der Waals surface area contributed by atoms with E-state index in [1.807, 2.05) is 10.6 Å². The minimum Gasteiger partial charge on any atom is -0.369 e. The van der Waals surface area contributed by atoms with Crippen molar-refractivity contribution < 1.29 is 17.6 Å². The number of nitrogens with one attached hydrogen (secondary N) is 2. The second kappa shape index (κ2) is 10.7. The molecule has 3 aromatic rings. The van der Waals surface area contributed by atoms with Crippen LogP contribution in [0.1, 0.15) is 60.5 Å². The summed E-state index contributed by atoms with van der Waals surface area (Å²) in [6, 6.07) is 15.3. The molecule has 10 heteroatoms. The van der Waals surface area contributed by atoms with Gasteiger partial charge in [0.1, 0.15) is 5.82 Å². The number of hydrogen-bond donors (Lipinski definition) is 2. The maximum Gasteiger partial charge on any atom is 0.261 e. The highest BCUT2D eigenvalue weighted by atomic mass is 32.2. The van der Waals surface area contributed by atoms with Gasteiger partial charge in [-0.3, -0.25) is 14.3 Å². The molecule has 6 rings (SSSR count). The SMILES string of the molecule is O=C(NC1CCCCC1)c1ccc(N2C[C@H]3C[C@@H](C2)c2cccc(=O)n2C3)c(NS(=O)(=O)c2ccc(F)cc2)c1. The molecule has 8 nitrogen and oxygen atoms in total. The highest BCUT2D eigenvalue weighted by Gasteiger charge is 2.35. The van der Waals surface area contributed by atoms with Gasteiger partial charge in [-0.15, -0.1) is 0 Å². The summed E-state index contributed by atoms with van der Waals surface area (Å²) in [4.78, 5) is 27.7. The number of rotatable bonds is 6. The summed E-state index contributed by atoms with van der Waals surface area (Å²) in [7, 11) is -4.05. The molecule has 3 aliphatic rings. The van der Waals surface area contributed by atoms with E-state index < -0.39 is 15.8 Å². The molecule has 1 saturated carbocycles. The van der Waals surface area contributed by atoms with E-state index in [9.17, 15) is 22.4 Å². The van der Waals surface area contributed by atoms with Gasteiger partial charge in [0.15, 0.2) is 0 Å². The van der Waals surface area contributed by atoms with E-state index >= 15 is 0 Å². The number of aromatic nitrogens is 1. The molecule has 1 saturated heterocycles. The molecular weight excluding hydrogens is 531 g/mol. The van der Waals surface area contributed by atoms with Crippen molar-refractivity contribution in [2.75, 3.05) is 22.7 Å².